The molecule has 2 aromatic carbocycles. The number of nitrogens with zero attached hydrogens (tertiary/aromatic N) is 2. The number of methoxy groups -OCH3 is 1. The predicted molar refractivity (Wildman–Crippen MR) is 104 cm³/mol. The topological polar surface area (TPSA) is 81.2 Å². The van der Waals surface area contributed by atoms with Gasteiger partial charge < -0.3 is 4.74 Å². The Hall–Kier alpha value is -2.48. The van der Waals surface area contributed by atoms with Crippen LogP contribution >= 0.6 is 11.6 Å². The highest BCUT2D eigenvalue weighted by molar-refractivity contribution is 7.89. The Labute approximate surface area is 163 Å². The summed E-state index contributed by atoms with van der Waals surface area (Å²) in [6.07, 6.45) is 3.87. The van der Waals surface area contributed by atoms with Gasteiger partial charge in [0, 0.05) is 24.5 Å². The molecule has 6 nitrogen and oxygen atoms in total. The SMILES string of the molecule is COc1ccc(S(=O)(=O)NCCc2cnc(-c3ccccc3)nc2)cc1Cl. The van der Waals surface area contributed by atoms with E-state index in [-0.39, 0.29) is 16.5 Å². The van der Waals surface area contributed by atoms with Crippen molar-refractivity contribution in [1.82, 2.24) is 14.7 Å². The van der Waals surface area contributed by atoms with E-state index in [1.807, 2.05) is 30.3 Å². The minimum Gasteiger partial charge on any atom is -0.495 e. The van der Waals surface area contributed by atoms with Crippen molar-refractivity contribution in [2.45, 2.75) is 11.3 Å². The summed E-state index contributed by atoms with van der Waals surface area (Å²) in [6.45, 7) is 0.222. The van der Waals surface area contributed by atoms with Crippen molar-refractivity contribution in [3.05, 3.63) is 71.5 Å². The highest BCUT2D eigenvalue weighted by Gasteiger charge is 2.15. The lowest BCUT2D eigenvalue weighted by Gasteiger charge is -2.09. The molecule has 0 aliphatic heterocycles. The Bertz CT molecular complexity index is 1010. The molecule has 1 N–H and O–H groups in total. The van der Waals surface area contributed by atoms with Gasteiger partial charge in [-0.15, -0.1) is 0 Å². The summed E-state index contributed by atoms with van der Waals surface area (Å²) < 4.78 is 32.3. The van der Waals surface area contributed by atoms with Crippen LogP contribution in [-0.2, 0) is 16.4 Å². The number of benzene rings is 2. The van der Waals surface area contributed by atoms with E-state index in [4.69, 9.17) is 16.3 Å². The molecule has 0 saturated heterocycles. The van der Waals surface area contributed by atoms with Crippen molar-refractivity contribution in [2.75, 3.05) is 13.7 Å². The average Bonchev–Trinajstić information content (AvgIpc) is 2.69. The minimum atomic E-state index is -3.66. The number of sulfonamides is 1. The summed E-state index contributed by atoms with van der Waals surface area (Å²) in [5, 5.41) is 0.241. The van der Waals surface area contributed by atoms with E-state index >= 15 is 0 Å². The maximum absolute atomic E-state index is 12.4. The molecular formula is C19H18ClN3O3S. The van der Waals surface area contributed by atoms with Crippen LogP contribution in [0.1, 0.15) is 5.56 Å². The number of hydrogen-bond acceptors (Lipinski definition) is 5. The van der Waals surface area contributed by atoms with Gasteiger partial charge in [0.1, 0.15) is 5.75 Å². The zero-order valence-corrected chi connectivity index (χ0v) is 16.2. The summed E-state index contributed by atoms with van der Waals surface area (Å²) in [4.78, 5) is 8.75. The zero-order chi connectivity index (χ0) is 19.3. The maximum Gasteiger partial charge on any atom is 0.240 e. The molecule has 0 atom stereocenters. The van der Waals surface area contributed by atoms with E-state index in [0.717, 1.165) is 11.1 Å². The van der Waals surface area contributed by atoms with Crippen molar-refractivity contribution >= 4 is 21.6 Å². The molecule has 8 heteroatoms. The Morgan fingerprint density at radius 2 is 1.78 bits per heavy atom. The Kier molecular flexibility index (Phi) is 6.05. The van der Waals surface area contributed by atoms with Gasteiger partial charge in [0.05, 0.1) is 17.0 Å². The van der Waals surface area contributed by atoms with Crippen molar-refractivity contribution in [3.63, 3.8) is 0 Å². The van der Waals surface area contributed by atoms with Crippen LogP contribution in [0.25, 0.3) is 11.4 Å². The second-order valence-electron chi connectivity index (χ2n) is 5.73. The van der Waals surface area contributed by atoms with Crippen molar-refractivity contribution < 1.29 is 13.2 Å². The monoisotopic (exact) mass is 403 g/mol. The van der Waals surface area contributed by atoms with E-state index in [1.165, 1.54) is 25.3 Å². The van der Waals surface area contributed by atoms with Crippen LogP contribution in [0.3, 0.4) is 0 Å². The number of nitrogens with one attached hydrogen (secondary N) is 1. The van der Waals surface area contributed by atoms with Crippen LogP contribution < -0.4 is 9.46 Å². The first kappa shape index (κ1) is 19.3. The highest BCUT2D eigenvalue weighted by atomic mass is 35.5. The van der Waals surface area contributed by atoms with Gasteiger partial charge in [0.2, 0.25) is 10.0 Å². The van der Waals surface area contributed by atoms with E-state index in [0.29, 0.717) is 18.0 Å². The summed E-state index contributed by atoms with van der Waals surface area (Å²) in [6, 6.07) is 14.0. The standard InChI is InChI=1S/C19H18ClN3O3S/c1-26-18-8-7-16(11-17(18)20)27(24,25)23-10-9-14-12-21-19(22-13-14)15-5-3-2-4-6-15/h2-8,11-13,23H,9-10H2,1H3. The predicted octanol–water partition coefficient (Wildman–Crippen LogP) is 3.33. The van der Waals surface area contributed by atoms with Gasteiger partial charge >= 0.3 is 0 Å². The lowest BCUT2D eigenvalue weighted by atomic mass is 10.2. The fourth-order valence-electron chi connectivity index (χ4n) is 2.45. The quantitative estimate of drug-likeness (QED) is 0.654. The number of halogens is 1. The van der Waals surface area contributed by atoms with Gasteiger partial charge in [0.15, 0.2) is 5.82 Å². The highest BCUT2D eigenvalue weighted by Crippen LogP contribution is 2.26. The van der Waals surface area contributed by atoms with Crippen LogP contribution in [0.4, 0.5) is 0 Å². The fraction of sp³-hybridized carbons (Fsp3) is 0.158. The molecule has 0 radical (unpaired) electrons. The van der Waals surface area contributed by atoms with E-state index in [2.05, 4.69) is 14.7 Å². The number of aromatic nitrogens is 2. The lowest BCUT2D eigenvalue weighted by Crippen LogP contribution is -2.26. The molecule has 0 spiro atoms. The van der Waals surface area contributed by atoms with Gasteiger partial charge in [-0.3, -0.25) is 0 Å². The third kappa shape index (κ3) is 4.82. The molecule has 3 rings (SSSR count). The van der Waals surface area contributed by atoms with E-state index < -0.39 is 10.0 Å². The van der Waals surface area contributed by atoms with E-state index in [1.54, 1.807) is 12.4 Å². The summed E-state index contributed by atoms with van der Waals surface area (Å²) >= 11 is 6.00. The molecule has 0 saturated carbocycles. The summed E-state index contributed by atoms with van der Waals surface area (Å²) in [5.41, 5.74) is 1.77. The first-order valence-electron chi connectivity index (χ1n) is 8.19. The van der Waals surface area contributed by atoms with Crippen LogP contribution in [0.2, 0.25) is 5.02 Å². The molecule has 0 fully saturated rings. The number of rotatable bonds is 7. The molecule has 0 unspecified atom stereocenters. The first-order valence-corrected chi connectivity index (χ1v) is 10.1. The number of hydrogen-bond donors (Lipinski definition) is 1. The van der Waals surface area contributed by atoms with Gasteiger partial charge in [-0.2, -0.15) is 0 Å². The Morgan fingerprint density at radius 3 is 2.41 bits per heavy atom. The molecular weight excluding hydrogens is 386 g/mol. The second-order valence-corrected chi connectivity index (χ2v) is 7.90. The normalized spacial score (nSPS) is 11.3. The van der Waals surface area contributed by atoms with Gasteiger partial charge in [-0.05, 0) is 30.2 Å². The lowest BCUT2D eigenvalue weighted by molar-refractivity contribution is 0.414. The Balaban J connectivity index is 1.61. The van der Waals surface area contributed by atoms with Gasteiger partial charge in [-0.25, -0.2) is 23.1 Å². The molecule has 3 aromatic rings. The smallest absolute Gasteiger partial charge is 0.240 e. The third-order valence-electron chi connectivity index (χ3n) is 3.88. The molecule has 0 bridgehead atoms. The molecule has 1 aromatic heterocycles. The summed E-state index contributed by atoms with van der Waals surface area (Å²) in [5.74, 6) is 1.05. The first-order chi connectivity index (χ1) is 13.0. The molecule has 1 heterocycles. The van der Waals surface area contributed by atoms with Gasteiger partial charge in [0.25, 0.3) is 0 Å². The molecule has 0 aliphatic rings. The average molecular weight is 404 g/mol. The zero-order valence-electron chi connectivity index (χ0n) is 14.6. The van der Waals surface area contributed by atoms with Crippen molar-refractivity contribution in [1.29, 1.82) is 0 Å². The molecule has 27 heavy (non-hydrogen) atoms. The van der Waals surface area contributed by atoms with Crippen LogP contribution in [0, 0.1) is 0 Å². The van der Waals surface area contributed by atoms with Crippen molar-refractivity contribution in [2.24, 2.45) is 0 Å². The summed E-state index contributed by atoms with van der Waals surface area (Å²) in [7, 11) is -2.19. The van der Waals surface area contributed by atoms with Gasteiger partial charge in [-0.1, -0.05) is 41.9 Å². The largest absolute Gasteiger partial charge is 0.495 e. The van der Waals surface area contributed by atoms with Crippen LogP contribution in [-0.4, -0.2) is 32.0 Å². The van der Waals surface area contributed by atoms with Crippen LogP contribution in [0.15, 0.2) is 65.8 Å². The van der Waals surface area contributed by atoms with E-state index in [9.17, 15) is 8.42 Å². The minimum absolute atomic E-state index is 0.0870. The van der Waals surface area contributed by atoms with Crippen LogP contribution in [0.5, 0.6) is 5.75 Å². The molecule has 140 valence electrons. The Morgan fingerprint density at radius 1 is 1.07 bits per heavy atom. The maximum atomic E-state index is 12.4. The fourth-order valence-corrected chi connectivity index (χ4v) is 3.83. The second kappa shape index (κ2) is 8.47. The molecule has 0 amide bonds. The third-order valence-corrected chi connectivity index (χ3v) is 5.63. The van der Waals surface area contributed by atoms with Crippen molar-refractivity contribution in [3.8, 4) is 17.1 Å². The molecule has 0 aliphatic carbocycles. The number of ether oxygens (including phenoxy) is 1.